The van der Waals surface area contributed by atoms with E-state index in [1.165, 1.54) is 0 Å². The van der Waals surface area contributed by atoms with Gasteiger partial charge in [0.2, 0.25) is 5.91 Å². The van der Waals surface area contributed by atoms with Crippen molar-refractivity contribution in [3.8, 4) is 0 Å². The Balaban J connectivity index is 1.51. The maximum absolute atomic E-state index is 12.2. The number of rotatable bonds is 7. The molecule has 1 heterocycles. The molecule has 0 aliphatic rings. The normalized spacial score (nSPS) is 11.5. The molecule has 1 aromatic heterocycles. The van der Waals surface area contributed by atoms with Crippen molar-refractivity contribution in [1.29, 1.82) is 0 Å². The second-order valence-corrected chi connectivity index (χ2v) is 7.67. The fraction of sp³-hybridized carbons (Fsp3) is 0.143. The van der Waals surface area contributed by atoms with Gasteiger partial charge in [0.05, 0.1) is 6.54 Å². The highest BCUT2D eigenvalue weighted by Crippen LogP contribution is 2.16. The van der Waals surface area contributed by atoms with E-state index in [0.29, 0.717) is 22.8 Å². The number of thiophene rings is 1. The molecule has 7 heteroatoms. The number of carbonyl (C=O) groups is 2. The fourth-order valence-electron chi connectivity index (χ4n) is 2.51. The summed E-state index contributed by atoms with van der Waals surface area (Å²) in [7, 11) is 0. The molecule has 2 amide bonds. The number of hydrogen-bond acceptors (Lipinski definition) is 4. The number of benzene rings is 2. The Morgan fingerprint density at radius 1 is 1.00 bits per heavy atom. The monoisotopic (exact) mass is 413 g/mol. The summed E-state index contributed by atoms with van der Waals surface area (Å²) in [6.45, 7) is 2.33. The predicted molar refractivity (Wildman–Crippen MR) is 115 cm³/mol. The van der Waals surface area contributed by atoms with Gasteiger partial charge in [0, 0.05) is 26.8 Å². The van der Waals surface area contributed by atoms with E-state index in [4.69, 9.17) is 11.6 Å². The Bertz CT molecular complexity index is 925. The summed E-state index contributed by atoms with van der Waals surface area (Å²) < 4.78 is 0. The van der Waals surface area contributed by atoms with Crippen LogP contribution in [-0.4, -0.2) is 17.9 Å². The molecule has 1 atom stereocenters. The second kappa shape index (κ2) is 9.39. The van der Waals surface area contributed by atoms with E-state index in [2.05, 4.69) is 16.0 Å². The Kier molecular flexibility index (Phi) is 6.68. The average molecular weight is 414 g/mol. The molecule has 0 saturated carbocycles. The van der Waals surface area contributed by atoms with Crippen molar-refractivity contribution in [1.82, 2.24) is 5.32 Å². The summed E-state index contributed by atoms with van der Waals surface area (Å²) in [5.41, 5.74) is 1.99. The van der Waals surface area contributed by atoms with Gasteiger partial charge in [0.15, 0.2) is 0 Å². The fourth-order valence-corrected chi connectivity index (χ4v) is 3.28. The van der Waals surface area contributed by atoms with E-state index in [0.717, 1.165) is 10.6 Å². The zero-order chi connectivity index (χ0) is 19.9. The van der Waals surface area contributed by atoms with Crippen molar-refractivity contribution in [3.63, 3.8) is 0 Å². The SMILES string of the molecule is CC(Nc1ccc(NC(=O)c2ccc(Cl)cc2)cc1)C(=O)NCc1cccs1. The third kappa shape index (κ3) is 5.58. The van der Waals surface area contributed by atoms with Gasteiger partial charge in [-0.15, -0.1) is 11.3 Å². The molecule has 5 nitrogen and oxygen atoms in total. The van der Waals surface area contributed by atoms with E-state index in [9.17, 15) is 9.59 Å². The molecule has 0 aliphatic heterocycles. The number of nitrogens with one attached hydrogen (secondary N) is 3. The highest BCUT2D eigenvalue weighted by atomic mass is 35.5. The minimum atomic E-state index is -0.380. The van der Waals surface area contributed by atoms with Crippen molar-refractivity contribution < 1.29 is 9.59 Å². The van der Waals surface area contributed by atoms with Gasteiger partial charge >= 0.3 is 0 Å². The third-order valence-corrected chi connectivity index (χ3v) is 5.17. The number of amides is 2. The molecule has 0 bridgehead atoms. The lowest BCUT2D eigenvalue weighted by Crippen LogP contribution is -2.37. The quantitative estimate of drug-likeness (QED) is 0.522. The topological polar surface area (TPSA) is 70.2 Å². The first kappa shape index (κ1) is 19.9. The summed E-state index contributed by atoms with van der Waals surface area (Å²) in [6, 6.07) is 17.5. The lowest BCUT2D eigenvalue weighted by Gasteiger charge is -2.15. The van der Waals surface area contributed by atoms with Gasteiger partial charge in [-0.1, -0.05) is 17.7 Å². The Labute approximate surface area is 172 Å². The zero-order valence-corrected chi connectivity index (χ0v) is 16.8. The van der Waals surface area contributed by atoms with Gasteiger partial charge < -0.3 is 16.0 Å². The standard InChI is InChI=1S/C21H20ClN3O2S/c1-14(20(26)23-13-19-3-2-12-28-19)24-17-8-10-18(11-9-17)25-21(27)15-4-6-16(22)7-5-15/h2-12,14,24H,13H2,1H3,(H,23,26)(H,25,27). The summed E-state index contributed by atoms with van der Waals surface area (Å²) in [6.07, 6.45) is 0. The van der Waals surface area contributed by atoms with E-state index in [1.807, 2.05) is 29.6 Å². The Morgan fingerprint density at radius 2 is 1.68 bits per heavy atom. The lowest BCUT2D eigenvalue weighted by molar-refractivity contribution is -0.121. The van der Waals surface area contributed by atoms with E-state index in [1.54, 1.807) is 54.7 Å². The summed E-state index contributed by atoms with van der Waals surface area (Å²) in [5, 5.41) is 11.5. The molecule has 0 radical (unpaired) electrons. The Hall–Kier alpha value is -2.83. The first-order chi connectivity index (χ1) is 13.5. The van der Waals surface area contributed by atoms with Crippen molar-refractivity contribution in [2.75, 3.05) is 10.6 Å². The van der Waals surface area contributed by atoms with Gasteiger partial charge in [-0.05, 0) is 66.9 Å². The maximum Gasteiger partial charge on any atom is 0.255 e. The van der Waals surface area contributed by atoms with Crippen LogP contribution in [-0.2, 0) is 11.3 Å². The minimum Gasteiger partial charge on any atom is -0.374 e. The van der Waals surface area contributed by atoms with Gasteiger partial charge in [0.1, 0.15) is 6.04 Å². The zero-order valence-electron chi connectivity index (χ0n) is 15.2. The van der Waals surface area contributed by atoms with Crippen molar-refractivity contribution in [2.45, 2.75) is 19.5 Å². The van der Waals surface area contributed by atoms with E-state index in [-0.39, 0.29) is 17.9 Å². The van der Waals surface area contributed by atoms with Crippen molar-refractivity contribution >= 4 is 46.1 Å². The average Bonchev–Trinajstić information content (AvgIpc) is 3.21. The molecular formula is C21H20ClN3O2S. The molecule has 2 aromatic carbocycles. The van der Waals surface area contributed by atoms with Crippen molar-refractivity contribution in [3.05, 3.63) is 81.5 Å². The lowest BCUT2D eigenvalue weighted by atomic mass is 10.2. The molecule has 0 fully saturated rings. The first-order valence-corrected chi connectivity index (χ1v) is 10.0. The predicted octanol–water partition coefficient (Wildman–Crippen LogP) is 4.77. The minimum absolute atomic E-state index is 0.0754. The van der Waals surface area contributed by atoms with E-state index >= 15 is 0 Å². The Morgan fingerprint density at radius 3 is 2.32 bits per heavy atom. The number of carbonyl (C=O) groups excluding carboxylic acids is 2. The smallest absolute Gasteiger partial charge is 0.255 e. The third-order valence-electron chi connectivity index (χ3n) is 4.04. The first-order valence-electron chi connectivity index (χ1n) is 8.75. The van der Waals surface area contributed by atoms with Crippen LogP contribution in [0.5, 0.6) is 0 Å². The molecule has 0 aliphatic carbocycles. The molecule has 144 valence electrons. The molecule has 3 rings (SSSR count). The molecule has 1 unspecified atom stereocenters. The van der Waals surface area contributed by atoms with Gasteiger partial charge in [-0.25, -0.2) is 0 Å². The highest BCUT2D eigenvalue weighted by Gasteiger charge is 2.12. The van der Waals surface area contributed by atoms with Crippen LogP contribution in [0.2, 0.25) is 5.02 Å². The molecule has 3 N–H and O–H groups in total. The largest absolute Gasteiger partial charge is 0.374 e. The van der Waals surface area contributed by atoms with Crippen LogP contribution in [0, 0.1) is 0 Å². The molecule has 28 heavy (non-hydrogen) atoms. The molecular weight excluding hydrogens is 394 g/mol. The molecule has 0 spiro atoms. The highest BCUT2D eigenvalue weighted by molar-refractivity contribution is 7.09. The summed E-state index contributed by atoms with van der Waals surface area (Å²) >= 11 is 7.45. The second-order valence-electron chi connectivity index (χ2n) is 6.20. The number of halogens is 1. The van der Waals surface area contributed by atoms with Gasteiger partial charge in [-0.2, -0.15) is 0 Å². The summed E-state index contributed by atoms with van der Waals surface area (Å²) in [4.78, 5) is 25.5. The van der Waals surface area contributed by atoms with E-state index < -0.39 is 0 Å². The van der Waals surface area contributed by atoms with Crippen LogP contribution in [0.15, 0.2) is 66.0 Å². The number of hydrogen-bond donors (Lipinski definition) is 3. The van der Waals surface area contributed by atoms with Crippen LogP contribution in [0.4, 0.5) is 11.4 Å². The summed E-state index contributed by atoms with van der Waals surface area (Å²) in [5.74, 6) is -0.285. The van der Waals surface area contributed by atoms with Crippen molar-refractivity contribution in [2.24, 2.45) is 0 Å². The van der Waals surface area contributed by atoms with Gasteiger partial charge in [-0.3, -0.25) is 9.59 Å². The molecule has 3 aromatic rings. The number of anilines is 2. The maximum atomic E-state index is 12.2. The van der Waals surface area contributed by atoms with Crippen LogP contribution in [0.3, 0.4) is 0 Å². The van der Waals surface area contributed by atoms with Crippen LogP contribution < -0.4 is 16.0 Å². The van der Waals surface area contributed by atoms with Gasteiger partial charge in [0.25, 0.3) is 5.91 Å². The molecule has 0 saturated heterocycles. The van der Waals surface area contributed by atoms with Crippen LogP contribution in [0.1, 0.15) is 22.2 Å². The van der Waals surface area contributed by atoms with Crippen LogP contribution in [0.25, 0.3) is 0 Å². The van der Waals surface area contributed by atoms with Crippen LogP contribution >= 0.6 is 22.9 Å².